The summed E-state index contributed by atoms with van der Waals surface area (Å²) >= 11 is 0. The van der Waals surface area contributed by atoms with Crippen LogP contribution in [0.5, 0.6) is 0 Å². The summed E-state index contributed by atoms with van der Waals surface area (Å²) in [5.74, 6) is -0.0375. The summed E-state index contributed by atoms with van der Waals surface area (Å²) in [5.41, 5.74) is 7.02. The van der Waals surface area contributed by atoms with E-state index in [9.17, 15) is 4.79 Å². The summed E-state index contributed by atoms with van der Waals surface area (Å²) in [4.78, 5) is 16.7. The SMILES string of the molecule is CCNC(=O)c1ccc(-c2nc3cc(C)ccn3c2C)c(C)c1. The molecule has 0 saturated heterocycles. The molecule has 2 heterocycles. The van der Waals surface area contributed by atoms with Gasteiger partial charge < -0.3 is 9.72 Å². The standard InChI is InChI=1S/C19H21N3O/c1-5-20-19(23)15-6-7-16(13(3)11-15)18-14(4)22-9-8-12(2)10-17(22)21-18/h6-11H,5H2,1-4H3,(H,20,23). The fourth-order valence-electron chi connectivity index (χ4n) is 2.86. The lowest BCUT2D eigenvalue weighted by molar-refractivity contribution is 0.0956. The van der Waals surface area contributed by atoms with Crippen molar-refractivity contribution < 1.29 is 4.79 Å². The number of pyridine rings is 1. The number of imidazole rings is 1. The van der Waals surface area contributed by atoms with Crippen LogP contribution in [0.4, 0.5) is 0 Å². The zero-order valence-corrected chi connectivity index (χ0v) is 14.0. The molecule has 0 aliphatic carbocycles. The predicted molar refractivity (Wildman–Crippen MR) is 92.8 cm³/mol. The van der Waals surface area contributed by atoms with Crippen LogP contribution in [0.1, 0.15) is 34.1 Å². The van der Waals surface area contributed by atoms with Gasteiger partial charge in [-0.05, 0) is 63.1 Å². The number of amides is 1. The van der Waals surface area contributed by atoms with Gasteiger partial charge in [0.25, 0.3) is 5.91 Å². The Balaban J connectivity index is 2.08. The van der Waals surface area contributed by atoms with Crippen molar-refractivity contribution in [1.29, 1.82) is 0 Å². The highest BCUT2D eigenvalue weighted by Gasteiger charge is 2.14. The summed E-state index contributed by atoms with van der Waals surface area (Å²) in [6, 6.07) is 9.93. The Kier molecular flexibility index (Phi) is 3.90. The number of aromatic nitrogens is 2. The lowest BCUT2D eigenvalue weighted by atomic mass is 10.0. The largest absolute Gasteiger partial charge is 0.352 e. The number of fused-ring (bicyclic) bond motifs is 1. The van der Waals surface area contributed by atoms with Crippen LogP contribution in [0, 0.1) is 20.8 Å². The number of carbonyl (C=O) groups is 1. The van der Waals surface area contributed by atoms with Gasteiger partial charge in [0.15, 0.2) is 0 Å². The van der Waals surface area contributed by atoms with Crippen LogP contribution < -0.4 is 5.32 Å². The maximum Gasteiger partial charge on any atom is 0.251 e. The summed E-state index contributed by atoms with van der Waals surface area (Å²) in [7, 11) is 0. The number of hydrogen-bond donors (Lipinski definition) is 1. The first-order chi connectivity index (χ1) is 11.0. The molecule has 1 N–H and O–H groups in total. The fourth-order valence-corrected chi connectivity index (χ4v) is 2.86. The number of benzene rings is 1. The van der Waals surface area contributed by atoms with E-state index in [1.165, 1.54) is 5.56 Å². The van der Waals surface area contributed by atoms with Crippen molar-refractivity contribution >= 4 is 11.6 Å². The van der Waals surface area contributed by atoms with Crippen LogP contribution in [0.25, 0.3) is 16.9 Å². The Labute approximate surface area is 136 Å². The molecule has 4 heteroatoms. The van der Waals surface area contributed by atoms with E-state index < -0.39 is 0 Å². The smallest absolute Gasteiger partial charge is 0.251 e. The molecule has 118 valence electrons. The maximum atomic E-state index is 12.0. The second-order valence-electron chi connectivity index (χ2n) is 5.87. The number of carbonyl (C=O) groups excluding carboxylic acids is 1. The molecule has 3 rings (SSSR count). The van der Waals surface area contributed by atoms with Crippen molar-refractivity contribution in [2.24, 2.45) is 0 Å². The van der Waals surface area contributed by atoms with E-state index in [-0.39, 0.29) is 5.91 Å². The van der Waals surface area contributed by atoms with Gasteiger partial charge in [-0.15, -0.1) is 0 Å². The molecule has 0 aliphatic rings. The van der Waals surface area contributed by atoms with Crippen LogP contribution in [-0.4, -0.2) is 21.8 Å². The molecule has 0 fully saturated rings. The average molecular weight is 307 g/mol. The van der Waals surface area contributed by atoms with Crippen LogP contribution >= 0.6 is 0 Å². The molecule has 4 nitrogen and oxygen atoms in total. The normalized spacial score (nSPS) is 11.0. The highest BCUT2D eigenvalue weighted by Crippen LogP contribution is 2.27. The lowest BCUT2D eigenvalue weighted by Gasteiger charge is -2.08. The molecule has 0 atom stereocenters. The van der Waals surface area contributed by atoms with E-state index in [0.717, 1.165) is 28.2 Å². The summed E-state index contributed by atoms with van der Waals surface area (Å²) in [5, 5.41) is 2.83. The van der Waals surface area contributed by atoms with Crippen LogP contribution in [0.3, 0.4) is 0 Å². The summed E-state index contributed by atoms with van der Waals surface area (Å²) in [6.07, 6.45) is 2.05. The zero-order chi connectivity index (χ0) is 16.6. The van der Waals surface area contributed by atoms with Gasteiger partial charge in [0.05, 0.1) is 5.69 Å². The van der Waals surface area contributed by atoms with Crippen LogP contribution in [0.2, 0.25) is 0 Å². The van der Waals surface area contributed by atoms with E-state index in [1.54, 1.807) is 0 Å². The number of nitrogens with one attached hydrogen (secondary N) is 1. The van der Waals surface area contributed by atoms with Gasteiger partial charge in [-0.25, -0.2) is 4.98 Å². The lowest BCUT2D eigenvalue weighted by Crippen LogP contribution is -2.22. The Hall–Kier alpha value is -2.62. The number of nitrogens with zero attached hydrogens (tertiary/aromatic N) is 2. The summed E-state index contributed by atoms with van der Waals surface area (Å²) < 4.78 is 2.10. The van der Waals surface area contributed by atoms with Crippen LogP contribution in [-0.2, 0) is 0 Å². The molecule has 0 bridgehead atoms. The zero-order valence-electron chi connectivity index (χ0n) is 14.0. The third-order valence-corrected chi connectivity index (χ3v) is 4.10. The quantitative estimate of drug-likeness (QED) is 0.802. The number of aryl methyl sites for hydroxylation is 3. The fraction of sp³-hybridized carbons (Fsp3) is 0.263. The monoisotopic (exact) mass is 307 g/mol. The topological polar surface area (TPSA) is 46.4 Å². The molecular formula is C19H21N3O. The minimum absolute atomic E-state index is 0.0375. The first-order valence-electron chi connectivity index (χ1n) is 7.85. The van der Waals surface area contributed by atoms with Gasteiger partial charge >= 0.3 is 0 Å². The highest BCUT2D eigenvalue weighted by molar-refractivity contribution is 5.95. The third-order valence-electron chi connectivity index (χ3n) is 4.10. The Morgan fingerprint density at radius 2 is 1.96 bits per heavy atom. The second kappa shape index (κ2) is 5.88. The van der Waals surface area contributed by atoms with E-state index in [0.29, 0.717) is 12.1 Å². The van der Waals surface area contributed by atoms with Crippen molar-refractivity contribution in [3.05, 3.63) is 58.9 Å². The molecule has 1 amide bonds. The molecule has 23 heavy (non-hydrogen) atoms. The van der Waals surface area contributed by atoms with Gasteiger partial charge in [0, 0.05) is 29.6 Å². The molecular weight excluding hydrogens is 286 g/mol. The Morgan fingerprint density at radius 1 is 1.17 bits per heavy atom. The van der Waals surface area contributed by atoms with Gasteiger partial charge in [-0.1, -0.05) is 6.07 Å². The van der Waals surface area contributed by atoms with Crippen molar-refractivity contribution in [2.75, 3.05) is 6.54 Å². The van der Waals surface area contributed by atoms with Gasteiger partial charge in [-0.2, -0.15) is 0 Å². The molecule has 0 spiro atoms. The van der Waals surface area contributed by atoms with Crippen molar-refractivity contribution in [2.45, 2.75) is 27.7 Å². The first-order valence-corrected chi connectivity index (χ1v) is 7.85. The van der Waals surface area contributed by atoms with Crippen LogP contribution in [0.15, 0.2) is 36.5 Å². The Bertz CT molecular complexity index is 893. The van der Waals surface area contributed by atoms with Gasteiger partial charge in [0.1, 0.15) is 5.65 Å². The van der Waals surface area contributed by atoms with Crippen molar-refractivity contribution in [1.82, 2.24) is 14.7 Å². The minimum Gasteiger partial charge on any atom is -0.352 e. The number of hydrogen-bond acceptors (Lipinski definition) is 2. The molecule has 2 aromatic heterocycles. The van der Waals surface area contributed by atoms with E-state index in [1.807, 2.05) is 32.0 Å². The molecule has 0 radical (unpaired) electrons. The van der Waals surface area contributed by atoms with Gasteiger partial charge in [-0.3, -0.25) is 4.79 Å². The Morgan fingerprint density at radius 3 is 2.65 bits per heavy atom. The van der Waals surface area contributed by atoms with E-state index >= 15 is 0 Å². The molecule has 3 aromatic rings. The molecule has 0 aliphatic heterocycles. The predicted octanol–water partition coefficient (Wildman–Crippen LogP) is 3.68. The molecule has 0 saturated carbocycles. The first kappa shape index (κ1) is 15.3. The van der Waals surface area contributed by atoms with E-state index in [2.05, 4.69) is 41.9 Å². The average Bonchev–Trinajstić information content (AvgIpc) is 2.83. The third kappa shape index (κ3) is 2.72. The number of rotatable bonds is 3. The molecule has 0 unspecified atom stereocenters. The van der Waals surface area contributed by atoms with Crippen molar-refractivity contribution in [3.63, 3.8) is 0 Å². The summed E-state index contributed by atoms with van der Waals surface area (Å²) in [6.45, 7) is 8.70. The van der Waals surface area contributed by atoms with E-state index in [4.69, 9.17) is 4.98 Å². The minimum atomic E-state index is -0.0375. The highest BCUT2D eigenvalue weighted by atomic mass is 16.1. The van der Waals surface area contributed by atoms with Crippen molar-refractivity contribution in [3.8, 4) is 11.3 Å². The second-order valence-corrected chi connectivity index (χ2v) is 5.87. The maximum absolute atomic E-state index is 12.0. The molecule has 1 aromatic carbocycles. The van der Waals surface area contributed by atoms with Gasteiger partial charge in [0.2, 0.25) is 0 Å².